The van der Waals surface area contributed by atoms with Crippen LogP contribution in [-0.4, -0.2) is 22.4 Å². The van der Waals surface area contributed by atoms with Gasteiger partial charge in [-0.1, -0.05) is 71.2 Å². The fourth-order valence-electron chi connectivity index (χ4n) is 4.25. The van der Waals surface area contributed by atoms with Gasteiger partial charge < -0.3 is 0 Å². The van der Waals surface area contributed by atoms with Gasteiger partial charge in [-0.2, -0.15) is 0 Å². The standard InChI is InChI=1S/C27H37N3/c1-18(2)23-14-10-15-24(19(3)4)27(23)29-21(6)26-17-11-16-25(30-26)20(5)28-22-12-8-7-9-13-22/h10-11,14-19,22H,7-9,12-13H2,1-6H3. The van der Waals surface area contributed by atoms with Crippen LogP contribution < -0.4 is 0 Å². The van der Waals surface area contributed by atoms with Crippen molar-refractivity contribution in [2.24, 2.45) is 9.98 Å². The van der Waals surface area contributed by atoms with Gasteiger partial charge in [0, 0.05) is 0 Å². The first kappa shape index (κ1) is 22.4. The van der Waals surface area contributed by atoms with Crippen molar-refractivity contribution in [2.45, 2.75) is 91.5 Å². The fraction of sp³-hybridized carbons (Fsp3) is 0.519. The van der Waals surface area contributed by atoms with Crippen LogP contribution in [0, 0.1) is 0 Å². The largest absolute Gasteiger partial charge is 0.284 e. The molecule has 0 amide bonds. The molecule has 1 fully saturated rings. The number of hydrogen-bond donors (Lipinski definition) is 0. The summed E-state index contributed by atoms with van der Waals surface area (Å²) >= 11 is 0. The second kappa shape index (κ2) is 10.1. The highest BCUT2D eigenvalue weighted by molar-refractivity contribution is 6.01. The van der Waals surface area contributed by atoms with Crippen molar-refractivity contribution in [2.75, 3.05) is 0 Å². The predicted molar refractivity (Wildman–Crippen MR) is 130 cm³/mol. The Bertz CT molecular complexity index is 889. The Balaban J connectivity index is 1.95. The third kappa shape index (κ3) is 5.44. The third-order valence-corrected chi connectivity index (χ3v) is 6.06. The summed E-state index contributed by atoms with van der Waals surface area (Å²) < 4.78 is 0. The molecule has 1 heterocycles. The zero-order valence-electron chi connectivity index (χ0n) is 19.6. The van der Waals surface area contributed by atoms with E-state index >= 15 is 0 Å². The first-order chi connectivity index (χ1) is 14.4. The van der Waals surface area contributed by atoms with Gasteiger partial charge in [-0.3, -0.25) is 9.98 Å². The number of para-hydroxylation sites is 1. The van der Waals surface area contributed by atoms with E-state index in [1.54, 1.807) is 0 Å². The van der Waals surface area contributed by atoms with Crippen LogP contribution in [-0.2, 0) is 0 Å². The van der Waals surface area contributed by atoms with E-state index in [1.807, 2.05) is 0 Å². The van der Waals surface area contributed by atoms with Gasteiger partial charge in [0.25, 0.3) is 0 Å². The molecule has 0 spiro atoms. The molecule has 1 aliphatic rings. The summed E-state index contributed by atoms with van der Waals surface area (Å²) in [6, 6.07) is 13.2. The minimum absolute atomic E-state index is 0.430. The molecule has 30 heavy (non-hydrogen) atoms. The monoisotopic (exact) mass is 403 g/mol. The topological polar surface area (TPSA) is 37.6 Å². The Morgan fingerprint density at radius 3 is 1.90 bits per heavy atom. The van der Waals surface area contributed by atoms with Gasteiger partial charge in [-0.25, -0.2) is 4.98 Å². The van der Waals surface area contributed by atoms with Crippen LogP contribution in [0.25, 0.3) is 0 Å². The quantitative estimate of drug-likeness (QED) is 0.457. The molecular formula is C27H37N3. The van der Waals surface area contributed by atoms with Crippen molar-refractivity contribution in [1.82, 2.24) is 4.98 Å². The Morgan fingerprint density at radius 1 is 0.800 bits per heavy atom. The van der Waals surface area contributed by atoms with Crippen molar-refractivity contribution >= 4 is 17.1 Å². The molecular weight excluding hydrogens is 366 g/mol. The number of aromatic nitrogens is 1. The highest BCUT2D eigenvalue weighted by Gasteiger charge is 2.15. The lowest BCUT2D eigenvalue weighted by Crippen LogP contribution is -2.13. The van der Waals surface area contributed by atoms with E-state index in [4.69, 9.17) is 15.0 Å². The molecule has 0 unspecified atom stereocenters. The first-order valence-corrected chi connectivity index (χ1v) is 11.6. The van der Waals surface area contributed by atoms with Gasteiger partial charge in [-0.05, 0) is 61.8 Å². The van der Waals surface area contributed by atoms with Gasteiger partial charge in [0.2, 0.25) is 0 Å². The van der Waals surface area contributed by atoms with E-state index in [1.165, 1.54) is 43.2 Å². The molecule has 3 rings (SSSR count). The summed E-state index contributed by atoms with van der Waals surface area (Å²) in [5, 5.41) is 0. The second-order valence-corrected chi connectivity index (χ2v) is 9.21. The zero-order valence-corrected chi connectivity index (χ0v) is 19.6. The number of hydrogen-bond acceptors (Lipinski definition) is 3. The SMILES string of the molecule is CC(=Nc1c(C(C)C)cccc1C(C)C)c1cccc(C(C)=NC2CCCCC2)n1. The van der Waals surface area contributed by atoms with E-state index in [2.05, 4.69) is 77.9 Å². The third-order valence-electron chi connectivity index (χ3n) is 6.06. The molecule has 1 saturated carbocycles. The summed E-state index contributed by atoms with van der Waals surface area (Å²) in [4.78, 5) is 15.0. The minimum Gasteiger partial charge on any atom is -0.284 e. The summed E-state index contributed by atoms with van der Waals surface area (Å²) in [7, 11) is 0. The van der Waals surface area contributed by atoms with Gasteiger partial charge in [0.05, 0.1) is 34.5 Å². The van der Waals surface area contributed by atoms with Crippen LogP contribution >= 0.6 is 0 Å². The molecule has 0 bridgehead atoms. The molecule has 0 atom stereocenters. The smallest absolute Gasteiger partial charge is 0.0849 e. The van der Waals surface area contributed by atoms with Crippen molar-refractivity contribution in [1.29, 1.82) is 0 Å². The average Bonchev–Trinajstić information content (AvgIpc) is 2.74. The fourth-order valence-corrected chi connectivity index (χ4v) is 4.25. The van der Waals surface area contributed by atoms with E-state index < -0.39 is 0 Å². The molecule has 0 radical (unpaired) electrons. The zero-order chi connectivity index (χ0) is 21.7. The average molecular weight is 404 g/mol. The van der Waals surface area contributed by atoms with Crippen molar-refractivity contribution in [3.8, 4) is 0 Å². The summed E-state index contributed by atoms with van der Waals surface area (Å²) in [5.41, 5.74) is 7.60. The molecule has 3 nitrogen and oxygen atoms in total. The number of rotatable bonds is 6. The molecule has 1 aromatic heterocycles. The Morgan fingerprint density at radius 2 is 1.33 bits per heavy atom. The van der Waals surface area contributed by atoms with E-state index in [0.717, 1.165) is 28.5 Å². The molecule has 1 aromatic carbocycles. The van der Waals surface area contributed by atoms with Crippen LogP contribution in [0.2, 0.25) is 0 Å². The lowest BCUT2D eigenvalue weighted by molar-refractivity contribution is 0.443. The molecule has 2 aromatic rings. The highest BCUT2D eigenvalue weighted by Crippen LogP contribution is 2.35. The summed E-state index contributed by atoms with van der Waals surface area (Å²) in [6.07, 6.45) is 6.37. The first-order valence-electron chi connectivity index (χ1n) is 11.6. The molecule has 0 saturated heterocycles. The van der Waals surface area contributed by atoms with Gasteiger partial charge in [-0.15, -0.1) is 0 Å². The maximum Gasteiger partial charge on any atom is 0.0849 e. The Kier molecular flexibility index (Phi) is 7.58. The normalized spacial score (nSPS) is 16.5. The molecule has 0 aliphatic heterocycles. The maximum atomic E-state index is 5.10. The summed E-state index contributed by atoms with van der Waals surface area (Å²) in [5.74, 6) is 0.860. The minimum atomic E-state index is 0.430. The van der Waals surface area contributed by atoms with E-state index in [0.29, 0.717) is 17.9 Å². The molecule has 0 N–H and O–H groups in total. The lowest BCUT2D eigenvalue weighted by atomic mass is 9.93. The van der Waals surface area contributed by atoms with Crippen molar-refractivity contribution in [3.05, 3.63) is 58.9 Å². The molecule has 3 heteroatoms. The molecule has 160 valence electrons. The van der Waals surface area contributed by atoms with Crippen LogP contribution in [0.5, 0.6) is 0 Å². The number of pyridine rings is 1. The second-order valence-electron chi connectivity index (χ2n) is 9.21. The lowest BCUT2D eigenvalue weighted by Gasteiger charge is -2.18. The summed E-state index contributed by atoms with van der Waals surface area (Å²) in [6.45, 7) is 13.1. The number of benzene rings is 1. The van der Waals surface area contributed by atoms with Crippen LogP contribution in [0.15, 0.2) is 46.4 Å². The van der Waals surface area contributed by atoms with Gasteiger partial charge >= 0.3 is 0 Å². The maximum absolute atomic E-state index is 5.10. The van der Waals surface area contributed by atoms with E-state index in [-0.39, 0.29) is 0 Å². The Labute approximate surface area is 182 Å². The highest BCUT2D eigenvalue weighted by atomic mass is 14.9. The van der Waals surface area contributed by atoms with Crippen molar-refractivity contribution in [3.63, 3.8) is 0 Å². The molecule has 1 aliphatic carbocycles. The van der Waals surface area contributed by atoms with Crippen molar-refractivity contribution < 1.29 is 0 Å². The van der Waals surface area contributed by atoms with Gasteiger partial charge in [0.1, 0.15) is 0 Å². The number of nitrogens with zero attached hydrogens (tertiary/aromatic N) is 3. The van der Waals surface area contributed by atoms with Crippen LogP contribution in [0.1, 0.15) is 108 Å². The van der Waals surface area contributed by atoms with E-state index in [9.17, 15) is 0 Å². The van der Waals surface area contributed by atoms with Gasteiger partial charge in [0.15, 0.2) is 0 Å². The van der Waals surface area contributed by atoms with Crippen LogP contribution in [0.4, 0.5) is 5.69 Å². The number of aliphatic imine (C=N–C) groups is 2. The Hall–Kier alpha value is -2.29. The van der Waals surface area contributed by atoms with Crippen LogP contribution in [0.3, 0.4) is 0 Å². The predicted octanol–water partition coefficient (Wildman–Crippen LogP) is 7.61.